The predicted molar refractivity (Wildman–Crippen MR) is 172 cm³/mol. The Labute approximate surface area is 279 Å². The van der Waals surface area contributed by atoms with Crippen LogP contribution in [0.3, 0.4) is 0 Å². The van der Waals surface area contributed by atoms with Crippen molar-refractivity contribution >= 4 is 59.0 Å². The minimum Gasteiger partial charge on any atom is -0.504 e. The molecule has 4 amide bonds. The second-order valence-electron chi connectivity index (χ2n) is 10.6. The number of urea groups is 1. The van der Waals surface area contributed by atoms with Gasteiger partial charge in [0.2, 0.25) is 17.0 Å². The van der Waals surface area contributed by atoms with Crippen molar-refractivity contribution in [2.75, 3.05) is 28.3 Å². The van der Waals surface area contributed by atoms with Crippen molar-refractivity contribution < 1.29 is 34.5 Å². The maximum absolute atomic E-state index is 14.0. The molecule has 21 heteroatoms. The van der Waals surface area contributed by atoms with Crippen molar-refractivity contribution in [1.29, 1.82) is 0 Å². The molecule has 1 fully saturated rings. The smallest absolute Gasteiger partial charge is 0.352 e. The first kappa shape index (κ1) is 33.8. The van der Waals surface area contributed by atoms with Crippen LogP contribution in [0.15, 0.2) is 57.8 Å². The summed E-state index contributed by atoms with van der Waals surface area (Å²) in [5.74, 6) is -3.82. The van der Waals surface area contributed by atoms with Gasteiger partial charge in [-0.2, -0.15) is 0 Å². The highest BCUT2D eigenvalue weighted by Gasteiger charge is 2.55. The molecule has 8 N–H and O–H groups in total. The molecule has 0 saturated carbocycles. The molecule has 5 rings (SSSR count). The van der Waals surface area contributed by atoms with Crippen LogP contribution in [0.4, 0.5) is 16.4 Å². The van der Waals surface area contributed by atoms with E-state index in [0.717, 1.165) is 28.8 Å². The summed E-state index contributed by atoms with van der Waals surface area (Å²) in [4.78, 5) is 74.0. The van der Waals surface area contributed by atoms with Gasteiger partial charge in [0.05, 0.1) is 6.20 Å². The van der Waals surface area contributed by atoms with Crippen LogP contribution in [-0.2, 0) is 21.4 Å². The Morgan fingerprint density at radius 2 is 2.02 bits per heavy atom. The van der Waals surface area contributed by atoms with Gasteiger partial charge in [0.15, 0.2) is 11.5 Å². The van der Waals surface area contributed by atoms with Crippen molar-refractivity contribution in [2.45, 2.75) is 29.5 Å². The normalized spacial score (nSPS) is 17.6. The van der Waals surface area contributed by atoms with Gasteiger partial charge in [-0.05, 0) is 40.6 Å². The third kappa shape index (κ3) is 6.62. The Morgan fingerprint density at radius 1 is 1.27 bits per heavy atom. The Kier molecular flexibility index (Phi) is 9.61. The number of aromatic hydroxyl groups is 2. The van der Waals surface area contributed by atoms with Crippen LogP contribution in [0.1, 0.15) is 18.5 Å². The number of carboxylic acids is 1. The lowest BCUT2D eigenvalue weighted by Gasteiger charge is -2.49. The van der Waals surface area contributed by atoms with Crippen LogP contribution in [0.25, 0.3) is 0 Å². The molecule has 1 aromatic carbocycles. The Bertz CT molecular complexity index is 1910. The zero-order chi connectivity index (χ0) is 34.9. The fraction of sp³-hybridized carbons (Fsp3) is 0.296. The van der Waals surface area contributed by atoms with Gasteiger partial charge in [0.25, 0.3) is 11.5 Å². The van der Waals surface area contributed by atoms with E-state index in [4.69, 9.17) is 5.73 Å². The van der Waals surface area contributed by atoms with Gasteiger partial charge in [0.1, 0.15) is 28.8 Å². The van der Waals surface area contributed by atoms with Gasteiger partial charge in [0, 0.05) is 25.1 Å². The molecular weight excluding hydrogens is 670 g/mol. The number of phenols is 2. The van der Waals surface area contributed by atoms with E-state index in [1.807, 2.05) is 0 Å². The van der Waals surface area contributed by atoms with Crippen molar-refractivity contribution in [3.05, 3.63) is 63.7 Å². The molecule has 0 spiro atoms. The number of carbonyl (C=O) groups excluding carboxylic acids is 3. The number of nitrogens with two attached hydrogens (primary N) is 1. The second-order valence-corrected chi connectivity index (χ2v) is 12.7. The van der Waals surface area contributed by atoms with Crippen molar-refractivity contribution in [1.82, 2.24) is 40.4 Å². The van der Waals surface area contributed by atoms with Gasteiger partial charge >= 0.3 is 12.0 Å². The van der Waals surface area contributed by atoms with E-state index < -0.39 is 64.0 Å². The minimum atomic E-state index is -1.76. The zero-order valence-corrected chi connectivity index (χ0v) is 26.9. The molecule has 252 valence electrons. The third-order valence-electron chi connectivity index (χ3n) is 7.16. The molecule has 1 saturated heterocycles. The Morgan fingerprint density at radius 3 is 2.62 bits per heavy atom. The van der Waals surface area contributed by atoms with Crippen molar-refractivity contribution in [2.24, 2.45) is 12.8 Å². The van der Waals surface area contributed by atoms with E-state index >= 15 is 0 Å². The highest BCUT2D eigenvalue weighted by Crippen LogP contribution is 2.42. The topological polar surface area (TPSA) is 275 Å². The maximum atomic E-state index is 14.0. The predicted octanol–water partition coefficient (Wildman–Crippen LogP) is -0.150. The molecule has 4 heterocycles. The number of anilines is 2. The number of fused-ring (bicyclic) bond motifs is 1. The molecule has 2 aliphatic rings. The SMILES string of the molecule is C=C(C)CNc1ncc(N(C(N)=O)C(C(=O)NC2C(=O)N3C(C(=O)O)=C(CSc4nnnn4C)CS[C@@H]23)c2ccc(O)c(O)c2)c(=O)[nH]1. The number of nitrogens with one attached hydrogen (secondary N) is 3. The van der Waals surface area contributed by atoms with Gasteiger partial charge in [-0.15, -0.1) is 16.9 Å². The average Bonchev–Trinajstić information content (AvgIpc) is 3.45. The quantitative estimate of drug-likeness (QED) is 0.0560. The monoisotopic (exact) mass is 699 g/mol. The zero-order valence-electron chi connectivity index (χ0n) is 25.3. The van der Waals surface area contributed by atoms with Crippen LogP contribution in [-0.4, -0.2) is 104 Å². The largest absolute Gasteiger partial charge is 0.504 e. The summed E-state index contributed by atoms with van der Waals surface area (Å²) in [6, 6.07) is -0.990. The molecule has 0 bridgehead atoms. The number of aromatic nitrogens is 6. The molecular formula is C27H29N11O8S2. The van der Waals surface area contributed by atoms with Crippen LogP contribution in [0.2, 0.25) is 0 Å². The fourth-order valence-electron chi connectivity index (χ4n) is 4.92. The van der Waals surface area contributed by atoms with Crippen LogP contribution in [0.5, 0.6) is 11.5 Å². The summed E-state index contributed by atoms with van der Waals surface area (Å²) >= 11 is 2.40. The number of benzene rings is 1. The van der Waals surface area contributed by atoms with Crippen LogP contribution < -0.4 is 26.8 Å². The van der Waals surface area contributed by atoms with E-state index in [2.05, 4.69) is 42.7 Å². The standard InChI is InChI=1S/C27H29N11O8S2/c1-11(2)7-29-26-30-8-14(20(41)32-26)37(25(28)46)18(12-4-5-15(39)16(40)6-12)21(42)31-17-22(43)38-19(24(44)45)13(9-47-23(17)38)10-48-27-33-34-35-36(27)3/h4-6,8,17-18,23,39-40H,1,7,9-10H2,2-3H3,(H2,28,46)(H,31,42)(H,44,45)(H2,29,30,32,41)/t17?,18?,23-/m0/s1. The van der Waals surface area contributed by atoms with E-state index in [-0.39, 0.29) is 35.3 Å². The van der Waals surface area contributed by atoms with E-state index in [1.165, 1.54) is 34.3 Å². The molecule has 2 aliphatic heterocycles. The van der Waals surface area contributed by atoms with E-state index in [9.17, 15) is 39.3 Å². The molecule has 2 aromatic heterocycles. The third-order valence-corrected chi connectivity index (χ3v) is 9.60. The number of hydrogen-bond donors (Lipinski definition) is 7. The number of primary amides is 1. The van der Waals surface area contributed by atoms with Gasteiger partial charge in [-0.25, -0.2) is 19.3 Å². The first-order valence-corrected chi connectivity index (χ1v) is 16.0. The number of rotatable bonds is 12. The number of aromatic amines is 1. The number of H-pyrrole nitrogens is 1. The summed E-state index contributed by atoms with van der Waals surface area (Å²) in [5, 5.41) is 46.3. The number of aryl methyl sites for hydroxylation is 1. The molecule has 0 radical (unpaired) electrons. The molecule has 3 atom stereocenters. The van der Waals surface area contributed by atoms with Crippen molar-refractivity contribution in [3.63, 3.8) is 0 Å². The fourth-order valence-corrected chi connectivity index (χ4v) is 7.25. The van der Waals surface area contributed by atoms with Crippen LogP contribution >= 0.6 is 23.5 Å². The number of phenolic OH excluding ortho intramolecular Hbond substituents is 2. The first-order valence-electron chi connectivity index (χ1n) is 13.9. The molecule has 3 aromatic rings. The number of β-lactam (4-membered cyclic amide) rings is 1. The van der Waals surface area contributed by atoms with Crippen LogP contribution in [0, 0.1) is 0 Å². The summed E-state index contributed by atoms with van der Waals surface area (Å²) in [5.41, 5.74) is 5.25. The lowest BCUT2D eigenvalue weighted by molar-refractivity contribution is -0.150. The number of carbonyl (C=O) groups is 4. The highest BCUT2D eigenvalue weighted by atomic mass is 32.2. The van der Waals surface area contributed by atoms with Crippen molar-refractivity contribution in [3.8, 4) is 11.5 Å². The lowest BCUT2D eigenvalue weighted by Crippen LogP contribution is -2.71. The lowest BCUT2D eigenvalue weighted by atomic mass is 9.99. The summed E-state index contributed by atoms with van der Waals surface area (Å²) in [6.45, 7) is 5.78. The van der Waals surface area contributed by atoms with Gasteiger partial charge in [-0.3, -0.25) is 29.2 Å². The summed E-state index contributed by atoms with van der Waals surface area (Å²) < 4.78 is 1.42. The minimum absolute atomic E-state index is 0.0437. The van der Waals surface area contributed by atoms with Gasteiger partial charge < -0.3 is 31.7 Å². The highest BCUT2D eigenvalue weighted by molar-refractivity contribution is 8.01. The summed E-state index contributed by atoms with van der Waals surface area (Å²) in [7, 11) is 1.63. The molecule has 0 aliphatic carbocycles. The van der Waals surface area contributed by atoms with Gasteiger partial charge in [-0.1, -0.05) is 30.0 Å². The number of nitrogens with zero attached hydrogens (tertiary/aromatic N) is 7. The maximum Gasteiger partial charge on any atom is 0.352 e. The summed E-state index contributed by atoms with van der Waals surface area (Å²) in [6.07, 6.45) is 1.01. The second kappa shape index (κ2) is 13.7. The number of aliphatic carboxylic acids is 1. The molecule has 48 heavy (non-hydrogen) atoms. The number of thioether (sulfide) groups is 2. The Balaban J connectivity index is 1.44. The Hall–Kier alpha value is -5.57. The number of tetrazole rings is 1. The number of hydrogen-bond acceptors (Lipinski definition) is 14. The van der Waals surface area contributed by atoms with E-state index in [1.54, 1.807) is 14.0 Å². The number of carboxylic acid groups (broad SMARTS) is 1. The average molecular weight is 700 g/mol. The molecule has 2 unspecified atom stereocenters. The van der Waals surface area contributed by atoms with E-state index in [0.29, 0.717) is 15.6 Å². The first-order chi connectivity index (χ1) is 22.8. The molecule has 19 nitrogen and oxygen atoms in total. The number of amides is 4.